The van der Waals surface area contributed by atoms with Crippen molar-refractivity contribution in [1.82, 2.24) is 10.6 Å². The first-order chi connectivity index (χ1) is 12.7. The van der Waals surface area contributed by atoms with E-state index in [1.807, 2.05) is 42.5 Å². The van der Waals surface area contributed by atoms with Crippen molar-refractivity contribution in [3.05, 3.63) is 48.0 Å². The van der Waals surface area contributed by atoms with Crippen LogP contribution in [0.15, 0.2) is 42.5 Å². The number of carbonyl (C=O) groups excluding carboxylic acids is 2. The Morgan fingerprint density at radius 2 is 1.85 bits per heavy atom. The van der Waals surface area contributed by atoms with Crippen molar-refractivity contribution < 1.29 is 14.7 Å². The van der Waals surface area contributed by atoms with Gasteiger partial charge in [-0.1, -0.05) is 48.9 Å². The molecule has 138 valence electrons. The van der Waals surface area contributed by atoms with Crippen LogP contribution in [0.5, 0.6) is 0 Å². The number of benzene rings is 2. The summed E-state index contributed by atoms with van der Waals surface area (Å²) in [5.41, 5.74) is 0.958. The maximum absolute atomic E-state index is 12.2. The highest BCUT2D eigenvalue weighted by atomic mass is 16.3. The van der Waals surface area contributed by atoms with Gasteiger partial charge in [-0.3, -0.25) is 9.59 Å². The van der Waals surface area contributed by atoms with Crippen molar-refractivity contribution in [2.75, 3.05) is 13.2 Å². The Morgan fingerprint density at radius 1 is 1.04 bits per heavy atom. The van der Waals surface area contributed by atoms with E-state index >= 15 is 0 Å². The van der Waals surface area contributed by atoms with Gasteiger partial charge in [0.1, 0.15) is 0 Å². The molecule has 0 bridgehead atoms. The van der Waals surface area contributed by atoms with Crippen molar-refractivity contribution >= 4 is 22.6 Å². The van der Waals surface area contributed by atoms with Gasteiger partial charge in [-0.15, -0.1) is 0 Å². The summed E-state index contributed by atoms with van der Waals surface area (Å²) in [6.07, 6.45) is 4.03. The Labute approximate surface area is 153 Å². The molecule has 0 heterocycles. The summed E-state index contributed by atoms with van der Waals surface area (Å²) < 4.78 is 0. The lowest BCUT2D eigenvalue weighted by atomic mass is 10.00. The van der Waals surface area contributed by atoms with Gasteiger partial charge in [-0.05, 0) is 41.5 Å². The minimum absolute atomic E-state index is 0.00799. The zero-order valence-corrected chi connectivity index (χ0v) is 14.9. The fraction of sp³-hybridized carbons (Fsp3) is 0.429. The molecule has 0 aliphatic heterocycles. The van der Waals surface area contributed by atoms with Crippen LogP contribution in [0.3, 0.4) is 0 Å². The predicted molar refractivity (Wildman–Crippen MR) is 102 cm³/mol. The van der Waals surface area contributed by atoms with E-state index in [2.05, 4.69) is 10.6 Å². The van der Waals surface area contributed by atoms with Crippen LogP contribution in [0.25, 0.3) is 10.8 Å². The monoisotopic (exact) mass is 354 g/mol. The van der Waals surface area contributed by atoms with E-state index in [1.54, 1.807) is 0 Å². The van der Waals surface area contributed by atoms with Gasteiger partial charge in [0.2, 0.25) is 11.8 Å². The molecule has 1 aliphatic carbocycles. The average Bonchev–Trinajstić information content (AvgIpc) is 3.07. The quantitative estimate of drug-likeness (QED) is 0.713. The van der Waals surface area contributed by atoms with Crippen molar-refractivity contribution in [1.29, 1.82) is 0 Å². The van der Waals surface area contributed by atoms with Crippen LogP contribution in [0.2, 0.25) is 0 Å². The number of aliphatic hydroxyl groups excluding tert-OH is 1. The van der Waals surface area contributed by atoms with E-state index in [4.69, 9.17) is 5.11 Å². The fourth-order valence-electron chi connectivity index (χ4n) is 3.86. The minimum Gasteiger partial charge on any atom is -0.396 e. The van der Waals surface area contributed by atoms with Gasteiger partial charge >= 0.3 is 0 Å². The van der Waals surface area contributed by atoms with E-state index in [0.29, 0.717) is 5.92 Å². The highest BCUT2D eigenvalue weighted by Crippen LogP contribution is 2.28. The maximum atomic E-state index is 12.2. The molecule has 5 nitrogen and oxygen atoms in total. The number of rotatable bonds is 7. The summed E-state index contributed by atoms with van der Waals surface area (Å²) in [5, 5.41) is 17.0. The van der Waals surface area contributed by atoms with Gasteiger partial charge in [-0.2, -0.15) is 0 Å². The number of hydrogen-bond donors (Lipinski definition) is 3. The zero-order valence-electron chi connectivity index (χ0n) is 14.9. The molecule has 2 amide bonds. The third-order valence-electron chi connectivity index (χ3n) is 5.18. The number of hydrogen-bond acceptors (Lipinski definition) is 3. The van der Waals surface area contributed by atoms with Crippen molar-refractivity contribution in [2.24, 2.45) is 5.92 Å². The predicted octanol–water partition coefficient (Wildman–Crippen LogP) is 2.17. The lowest BCUT2D eigenvalue weighted by molar-refractivity contribution is -0.126. The van der Waals surface area contributed by atoms with Crippen molar-refractivity contribution in [2.45, 2.75) is 38.1 Å². The van der Waals surface area contributed by atoms with Crippen LogP contribution in [0.1, 0.15) is 31.2 Å². The SMILES string of the molecule is O=C(Cc1cccc2ccccc12)NCC(=O)N[C@H]1CCC[C@H]1CCO. The van der Waals surface area contributed by atoms with E-state index in [0.717, 1.165) is 42.0 Å². The number of amides is 2. The second-order valence-corrected chi connectivity index (χ2v) is 6.97. The first-order valence-corrected chi connectivity index (χ1v) is 9.31. The molecule has 0 radical (unpaired) electrons. The Kier molecular flexibility index (Phi) is 6.23. The van der Waals surface area contributed by atoms with Gasteiger partial charge in [0, 0.05) is 12.6 Å². The van der Waals surface area contributed by atoms with Gasteiger partial charge < -0.3 is 15.7 Å². The molecule has 1 saturated carbocycles. The largest absolute Gasteiger partial charge is 0.396 e. The third-order valence-corrected chi connectivity index (χ3v) is 5.18. The Balaban J connectivity index is 1.50. The number of carbonyl (C=O) groups is 2. The molecule has 0 spiro atoms. The molecular weight excluding hydrogens is 328 g/mol. The molecule has 0 aromatic heterocycles. The standard InChI is InChI=1S/C21H26N2O3/c24-12-11-16-7-4-10-19(16)23-21(26)14-22-20(25)13-17-8-3-6-15-5-1-2-9-18(15)17/h1-3,5-6,8-9,16,19,24H,4,7,10-14H2,(H,22,25)(H,23,26)/t16-,19-/m0/s1. The highest BCUT2D eigenvalue weighted by Gasteiger charge is 2.27. The molecular formula is C21H26N2O3. The molecule has 0 unspecified atom stereocenters. The highest BCUT2D eigenvalue weighted by molar-refractivity contribution is 5.91. The van der Waals surface area contributed by atoms with Gasteiger partial charge in [0.05, 0.1) is 13.0 Å². The zero-order chi connectivity index (χ0) is 18.4. The third kappa shape index (κ3) is 4.61. The normalized spacial score (nSPS) is 19.4. The van der Waals surface area contributed by atoms with Crippen LogP contribution < -0.4 is 10.6 Å². The number of fused-ring (bicyclic) bond motifs is 1. The van der Waals surface area contributed by atoms with Crippen molar-refractivity contribution in [3.63, 3.8) is 0 Å². The molecule has 1 fully saturated rings. The fourth-order valence-corrected chi connectivity index (χ4v) is 3.86. The van der Waals surface area contributed by atoms with Gasteiger partial charge in [0.25, 0.3) is 0 Å². The van der Waals surface area contributed by atoms with E-state index in [9.17, 15) is 9.59 Å². The smallest absolute Gasteiger partial charge is 0.239 e. The van der Waals surface area contributed by atoms with E-state index in [1.165, 1.54) is 0 Å². The summed E-state index contributed by atoms with van der Waals surface area (Å²) in [4.78, 5) is 24.4. The molecule has 1 aliphatic rings. The number of aliphatic hydroxyl groups is 1. The molecule has 3 rings (SSSR count). The summed E-state index contributed by atoms with van der Waals surface area (Å²) in [6.45, 7) is 0.144. The lowest BCUT2D eigenvalue weighted by Crippen LogP contribution is -2.43. The Hall–Kier alpha value is -2.40. The van der Waals surface area contributed by atoms with E-state index < -0.39 is 0 Å². The molecule has 3 N–H and O–H groups in total. The van der Waals surface area contributed by atoms with Crippen LogP contribution in [-0.4, -0.2) is 36.1 Å². The topological polar surface area (TPSA) is 78.4 Å². The maximum Gasteiger partial charge on any atom is 0.239 e. The second kappa shape index (κ2) is 8.81. The molecule has 2 atom stereocenters. The van der Waals surface area contributed by atoms with Crippen LogP contribution in [0.4, 0.5) is 0 Å². The summed E-state index contributed by atoms with van der Waals surface area (Å²) in [7, 11) is 0. The molecule has 0 saturated heterocycles. The Morgan fingerprint density at radius 3 is 2.69 bits per heavy atom. The Bertz CT molecular complexity index is 769. The first kappa shape index (κ1) is 18.4. The lowest BCUT2D eigenvalue weighted by Gasteiger charge is -2.20. The summed E-state index contributed by atoms with van der Waals surface area (Å²) in [5.74, 6) is 0.0243. The van der Waals surface area contributed by atoms with Crippen LogP contribution >= 0.6 is 0 Å². The molecule has 2 aromatic carbocycles. The van der Waals surface area contributed by atoms with Crippen LogP contribution in [0, 0.1) is 5.92 Å². The van der Waals surface area contributed by atoms with Gasteiger partial charge in [-0.25, -0.2) is 0 Å². The average molecular weight is 354 g/mol. The summed E-state index contributed by atoms with van der Waals surface area (Å²) >= 11 is 0. The molecule has 2 aromatic rings. The second-order valence-electron chi connectivity index (χ2n) is 6.97. The van der Waals surface area contributed by atoms with E-state index in [-0.39, 0.29) is 37.4 Å². The van der Waals surface area contributed by atoms with Crippen molar-refractivity contribution in [3.8, 4) is 0 Å². The van der Waals surface area contributed by atoms with Gasteiger partial charge in [0.15, 0.2) is 0 Å². The first-order valence-electron chi connectivity index (χ1n) is 9.31. The number of nitrogens with one attached hydrogen (secondary N) is 2. The summed E-state index contributed by atoms with van der Waals surface area (Å²) in [6, 6.07) is 14.0. The minimum atomic E-state index is -0.161. The molecule has 26 heavy (non-hydrogen) atoms. The van der Waals surface area contributed by atoms with Crippen LogP contribution in [-0.2, 0) is 16.0 Å². The molecule has 5 heteroatoms.